The fraction of sp³-hybridized carbons (Fsp3) is 0.111. The summed E-state index contributed by atoms with van der Waals surface area (Å²) in [4.78, 5) is 21.4. The van der Waals surface area contributed by atoms with Crippen LogP contribution in [-0.4, -0.2) is 24.3 Å². The summed E-state index contributed by atoms with van der Waals surface area (Å²) in [7, 11) is 1.22. The number of carboxylic acid groups (broad SMARTS) is 1. The highest BCUT2D eigenvalue weighted by atomic mass is 35.5. The van der Waals surface area contributed by atoms with Crippen LogP contribution in [0, 0.1) is 0 Å². The van der Waals surface area contributed by atoms with Gasteiger partial charge in [0.05, 0.1) is 17.7 Å². The van der Waals surface area contributed by atoms with Gasteiger partial charge in [-0.2, -0.15) is 0 Å². The van der Waals surface area contributed by atoms with Crippen LogP contribution in [0.4, 0.5) is 10.5 Å². The van der Waals surface area contributed by atoms with Crippen LogP contribution in [0.5, 0.6) is 0 Å². The number of hydrogen-bond acceptors (Lipinski definition) is 3. The minimum atomic E-state index is -1.12. The molecule has 0 aromatic heterocycles. The number of aromatic carboxylic acids is 1. The van der Waals surface area contributed by atoms with E-state index in [2.05, 4.69) is 10.1 Å². The maximum absolute atomic E-state index is 10.8. The molecule has 0 atom stereocenters. The molecule has 5 nitrogen and oxygen atoms in total. The molecular formula is C9H8ClNO4. The molecule has 1 aromatic rings. The predicted molar refractivity (Wildman–Crippen MR) is 54.4 cm³/mol. The van der Waals surface area contributed by atoms with E-state index in [-0.39, 0.29) is 10.6 Å². The Morgan fingerprint density at radius 3 is 2.60 bits per heavy atom. The van der Waals surface area contributed by atoms with Crippen molar-refractivity contribution in [3.63, 3.8) is 0 Å². The molecule has 1 amide bonds. The molecule has 0 aliphatic rings. The summed E-state index contributed by atoms with van der Waals surface area (Å²) in [5.74, 6) is -1.12. The molecule has 0 radical (unpaired) electrons. The maximum atomic E-state index is 10.8. The number of halogens is 1. The quantitative estimate of drug-likeness (QED) is 0.815. The SMILES string of the molecule is COC(=O)Nc1ccc(C(=O)O)c(Cl)c1. The molecule has 0 spiro atoms. The third-order valence-electron chi connectivity index (χ3n) is 1.63. The number of carbonyl (C=O) groups is 2. The molecule has 0 heterocycles. The third-order valence-corrected chi connectivity index (χ3v) is 1.94. The minimum absolute atomic E-state index is 0.0212. The Bertz CT molecular complexity index is 405. The smallest absolute Gasteiger partial charge is 0.411 e. The highest BCUT2D eigenvalue weighted by molar-refractivity contribution is 6.33. The Hall–Kier alpha value is -1.75. The summed E-state index contributed by atoms with van der Waals surface area (Å²) >= 11 is 5.68. The molecule has 0 aliphatic carbocycles. The van der Waals surface area contributed by atoms with Gasteiger partial charge in [0.1, 0.15) is 0 Å². The van der Waals surface area contributed by atoms with Crippen LogP contribution < -0.4 is 5.32 Å². The van der Waals surface area contributed by atoms with Gasteiger partial charge in [0.2, 0.25) is 0 Å². The van der Waals surface area contributed by atoms with Gasteiger partial charge in [0.25, 0.3) is 0 Å². The molecule has 0 saturated heterocycles. The van der Waals surface area contributed by atoms with E-state index in [1.807, 2.05) is 0 Å². The van der Waals surface area contributed by atoms with Gasteiger partial charge in [-0.1, -0.05) is 11.6 Å². The summed E-state index contributed by atoms with van der Waals surface area (Å²) < 4.78 is 4.36. The number of anilines is 1. The number of carbonyl (C=O) groups excluding carboxylic acids is 1. The molecule has 0 fully saturated rings. The van der Waals surface area contributed by atoms with Crippen LogP contribution >= 0.6 is 11.6 Å². The topological polar surface area (TPSA) is 75.6 Å². The van der Waals surface area contributed by atoms with E-state index >= 15 is 0 Å². The van der Waals surface area contributed by atoms with E-state index in [1.165, 1.54) is 25.3 Å². The molecule has 2 N–H and O–H groups in total. The zero-order valence-electron chi connectivity index (χ0n) is 7.78. The van der Waals surface area contributed by atoms with Crippen LogP contribution in [0.15, 0.2) is 18.2 Å². The van der Waals surface area contributed by atoms with Gasteiger partial charge >= 0.3 is 12.1 Å². The van der Waals surface area contributed by atoms with Gasteiger partial charge in [0, 0.05) is 5.69 Å². The van der Waals surface area contributed by atoms with Crippen LogP contribution in [-0.2, 0) is 4.74 Å². The van der Waals surface area contributed by atoms with Crippen molar-refractivity contribution < 1.29 is 19.4 Å². The van der Waals surface area contributed by atoms with Crippen LogP contribution in [0.1, 0.15) is 10.4 Å². The van der Waals surface area contributed by atoms with Crippen LogP contribution in [0.25, 0.3) is 0 Å². The van der Waals surface area contributed by atoms with Crippen molar-refractivity contribution in [2.75, 3.05) is 12.4 Å². The lowest BCUT2D eigenvalue weighted by Crippen LogP contribution is -2.11. The number of carboxylic acids is 1. The molecule has 0 bridgehead atoms. The van der Waals surface area contributed by atoms with Crippen molar-refractivity contribution in [3.8, 4) is 0 Å². The van der Waals surface area contributed by atoms with E-state index in [4.69, 9.17) is 16.7 Å². The first-order valence-electron chi connectivity index (χ1n) is 3.92. The van der Waals surface area contributed by atoms with Gasteiger partial charge in [-0.3, -0.25) is 5.32 Å². The zero-order chi connectivity index (χ0) is 11.4. The van der Waals surface area contributed by atoms with E-state index in [9.17, 15) is 9.59 Å². The summed E-state index contributed by atoms with van der Waals surface area (Å²) in [5, 5.41) is 11.1. The van der Waals surface area contributed by atoms with Crippen molar-refractivity contribution in [3.05, 3.63) is 28.8 Å². The van der Waals surface area contributed by atoms with Gasteiger partial charge in [-0.15, -0.1) is 0 Å². The maximum Gasteiger partial charge on any atom is 0.411 e. The lowest BCUT2D eigenvalue weighted by atomic mass is 10.2. The number of hydrogen-bond donors (Lipinski definition) is 2. The molecule has 0 aliphatic heterocycles. The number of methoxy groups -OCH3 is 1. The van der Waals surface area contributed by atoms with E-state index < -0.39 is 12.1 Å². The van der Waals surface area contributed by atoms with Gasteiger partial charge in [0.15, 0.2) is 0 Å². The van der Waals surface area contributed by atoms with Gasteiger partial charge < -0.3 is 9.84 Å². The summed E-state index contributed by atoms with van der Waals surface area (Å²) in [6, 6.07) is 4.06. The van der Waals surface area contributed by atoms with Crippen LogP contribution in [0.2, 0.25) is 5.02 Å². The Labute approximate surface area is 90.6 Å². The zero-order valence-corrected chi connectivity index (χ0v) is 8.54. The lowest BCUT2D eigenvalue weighted by Gasteiger charge is -2.05. The van der Waals surface area contributed by atoms with E-state index in [0.717, 1.165) is 0 Å². The van der Waals surface area contributed by atoms with Crippen molar-refractivity contribution in [2.24, 2.45) is 0 Å². The van der Waals surface area contributed by atoms with Crippen molar-refractivity contribution in [1.82, 2.24) is 0 Å². The second kappa shape index (κ2) is 4.65. The number of amides is 1. The van der Waals surface area contributed by atoms with Gasteiger partial charge in [-0.05, 0) is 18.2 Å². The van der Waals surface area contributed by atoms with E-state index in [1.54, 1.807) is 0 Å². The van der Waals surface area contributed by atoms with Crippen LogP contribution in [0.3, 0.4) is 0 Å². The minimum Gasteiger partial charge on any atom is -0.478 e. The Balaban J connectivity index is 2.91. The standard InChI is InChI=1S/C9H8ClNO4/c1-15-9(14)11-5-2-3-6(8(12)13)7(10)4-5/h2-4H,1H3,(H,11,14)(H,12,13). The Morgan fingerprint density at radius 1 is 1.47 bits per heavy atom. The Morgan fingerprint density at radius 2 is 2.13 bits per heavy atom. The largest absolute Gasteiger partial charge is 0.478 e. The molecule has 1 aromatic carbocycles. The fourth-order valence-corrected chi connectivity index (χ4v) is 1.20. The van der Waals surface area contributed by atoms with Crippen molar-refractivity contribution >= 4 is 29.4 Å². The highest BCUT2D eigenvalue weighted by Crippen LogP contribution is 2.20. The molecule has 15 heavy (non-hydrogen) atoms. The first-order chi connectivity index (χ1) is 7.04. The lowest BCUT2D eigenvalue weighted by molar-refractivity contribution is 0.0697. The van der Waals surface area contributed by atoms with Crippen molar-refractivity contribution in [1.29, 1.82) is 0 Å². The van der Waals surface area contributed by atoms with E-state index in [0.29, 0.717) is 5.69 Å². The molecule has 1 rings (SSSR count). The molecular weight excluding hydrogens is 222 g/mol. The summed E-state index contributed by atoms with van der Waals surface area (Å²) in [6.45, 7) is 0. The molecule has 0 saturated carbocycles. The predicted octanol–water partition coefficient (Wildman–Crippen LogP) is 2.22. The van der Waals surface area contributed by atoms with Crippen molar-refractivity contribution in [2.45, 2.75) is 0 Å². The monoisotopic (exact) mass is 229 g/mol. The number of rotatable bonds is 2. The first-order valence-corrected chi connectivity index (χ1v) is 4.30. The number of ether oxygens (including phenoxy) is 1. The Kier molecular flexibility index (Phi) is 3.51. The highest BCUT2D eigenvalue weighted by Gasteiger charge is 2.09. The average Bonchev–Trinajstić information content (AvgIpc) is 2.17. The number of nitrogens with one attached hydrogen (secondary N) is 1. The molecule has 0 unspecified atom stereocenters. The summed E-state index contributed by atoms with van der Waals surface area (Å²) in [5.41, 5.74) is 0.351. The molecule has 6 heteroatoms. The normalized spacial score (nSPS) is 9.47. The first kappa shape index (κ1) is 11.3. The third kappa shape index (κ3) is 2.85. The average molecular weight is 230 g/mol. The fourth-order valence-electron chi connectivity index (χ4n) is 0.935. The second-order valence-corrected chi connectivity index (χ2v) is 3.02. The molecule has 80 valence electrons. The second-order valence-electron chi connectivity index (χ2n) is 2.62. The van der Waals surface area contributed by atoms with Gasteiger partial charge in [-0.25, -0.2) is 9.59 Å². The number of benzene rings is 1. The summed E-state index contributed by atoms with van der Waals surface area (Å²) in [6.07, 6.45) is -0.644.